The van der Waals surface area contributed by atoms with E-state index in [1.165, 1.54) is 52.8 Å². The fourth-order valence-corrected chi connectivity index (χ4v) is 17.6. The molecule has 0 aliphatic rings. The van der Waals surface area contributed by atoms with E-state index in [2.05, 4.69) is 70.1 Å². The molecule has 17 rings (SSSR count). The second-order valence-electron chi connectivity index (χ2n) is 28.3. The molecule has 644 valence electrons. The Bertz CT molecular complexity index is 7660. The van der Waals surface area contributed by atoms with Gasteiger partial charge in [-0.2, -0.15) is 36.6 Å². The summed E-state index contributed by atoms with van der Waals surface area (Å²) in [6, 6.07) is 87.7. The molecule has 31 nitrogen and oxygen atoms in total. The Morgan fingerprint density at radius 3 is 1.36 bits per heavy atom. The lowest BCUT2D eigenvalue weighted by Crippen LogP contribution is -2.32. The van der Waals surface area contributed by atoms with Crippen molar-refractivity contribution in [3.05, 3.63) is 352 Å². The highest BCUT2D eigenvalue weighted by Gasteiger charge is 2.27. The van der Waals surface area contributed by atoms with E-state index in [4.69, 9.17) is 63.5 Å². The van der Waals surface area contributed by atoms with Crippen molar-refractivity contribution >= 4 is 138 Å². The van der Waals surface area contributed by atoms with Crippen molar-refractivity contribution < 1.29 is 54.7 Å². The number of aromatic amines is 3. The number of nitriles is 6. The van der Waals surface area contributed by atoms with E-state index in [0.29, 0.717) is 109 Å². The minimum atomic E-state index is -3.91. The molecule has 0 radical (unpaired) electrons. The van der Waals surface area contributed by atoms with Gasteiger partial charge < -0.3 is 51.2 Å². The first-order valence-corrected chi connectivity index (χ1v) is 43.3. The normalized spacial score (nSPS) is 11.0. The Hall–Kier alpha value is -17.0. The minimum absolute atomic E-state index is 0.0125. The maximum absolute atomic E-state index is 12.9. The topological polar surface area (TPSA) is 501 Å². The van der Waals surface area contributed by atoms with Gasteiger partial charge in [-0.15, -0.1) is 0 Å². The largest absolute Gasteiger partial charge is 0.491 e. The van der Waals surface area contributed by atoms with Gasteiger partial charge in [0.05, 0.1) is 150 Å². The van der Waals surface area contributed by atoms with Crippen molar-refractivity contribution in [1.82, 2.24) is 42.2 Å². The number of fused-ring (bicyclic) bond motifs is 6. The van der Waals surface area contributed by atoms with Crippen LogP contribution in [0.1, 0.15) is 93.0 Å². The van der Waals surface area contributed by atoms with Crippen LogP contribution in [0.3, 0.4) is 0 Å². The zero-order valence-electron chi connectivity index (χ0n) is 68.9. The highest BCUT2D eigenvalue weighted by molar-refractivity contribution is 7.90. The number of methoxy groups -OCH3 is 1. The number of H-pyrrole nitrogens is 3. The van der Waals surface area contributed by atoms with E-state index in [9.17, 15) is 40.1 Å². The number of halogens is 1. The summed E-state index contributed by atoms with van der Waals surface area (Å²) in [7, 11) is -9.88. The average molecular weight is 1800 g/mol. The second kappa shape index (κ2) is 42.4. The second-order valence-corrected chi connectivity index (χ2v) is 34.0. The highest BCUT2D eigenvalue weighted by Crippen LogP contribution is 2.32. The van der Waals surface area contributed by atoms with Crippen LogP contribution in [0.25, 0.3) is 65.4 Å². The summed E-state index contributed by atoms with van der Waals surface area (Å²) in [5, 5.41) is 87.3. The van der Waals surface area contributed by atoms with Crippen LogP contribution in [-0.2, 0) is 54.4 Å². The van der Waals surface area contributed by atoms with Crippen LogP contribution in [0.2, 0.25) is 5.28 Å². The summed E-state index contributed by atoms with van der Waals surface area (Å²) in [4.78, 5) is 40.5. The first-order chi connectivity index (χ1) is 62.2. The molecule has 17 aromatic rings. The fourth-order valence-electron chi connectivity index (χ4n) is 13.1. The number of aromatic nitrogens is 8. The lowest BCUT2D eigenvalue weighted by atomic mass is 10.1. The van der Waals surface area contributed by atoms with Crippen LogP contribution in [0, 0.1) is 68.0 Å². The van der Waals surface area contributed by atoms with E-state index in [0.717, 1.165) is 63.8 Å². The number of nitrogens with one attached hydrogen (secondary N) is 5. The van der Waals surface area contributed by atoms with Crippen molar-refractivity contribution in [3.8, 4) is 42.2 Å². The number of nitrogens with zero attached hydrogens (tertiary/aromatic N) is 13. The standard InChI is InChI=1S/C16H11N3O3S.C16H10N2O3S.C15H17N3O2.C15H10N2O2S.C12H12ClN3O.C10H7N3O.C10H9N3/c17-10-12-5-4-8-16-15(12)9-13(11-18-20)19(16)23(21,22)14-6-2-1-3-7-14;17-10-12-5-4-8-16-15(12)9-13(11-19)18(16)22(20,21)14-6-2-1-3-7-14;1-15(2,3)20-14(19)17-9-11-7-12-10(8-16)5-4-6-13(12)18-11;16-11-12-5-4-8-15-14(12)9-10-17(15)20(18,19)13-6-2-1-3-7-13;1-17-10-8-15-12(13)16-11(10)14-7-9-5-3-2-4-6-9;11-5-7-2-1-3-10-9(7)4-8(13-10)6-12-14;11-5-7-2-1-3-10-9(7)4-8(6-12)13-10/h1-9,11,20H;1-9,11H;4-7,18H,9H2,1-3H3,(H,17,19);1-10H;2-6,8H,7H2,1H3,(H,14,15,16);1-4,6,13-14H;1-4,13H,6,12H2/b18-11+;;;;;12-6+;. The Morgan fingerprint density at radius 1 is 0.496 bits per heavy atom. The van der Waals surface area contributed by atoms with E-state index in [-0.39, 0.29) is 31.4 Å². The number of amides is 1. The summed E-state index contributed by atoms with van der Waals surface area (Å²) in [6.45, 7) is 6.90. The first kappa shape index (κ1) is 92.8. The number of carbonyl (C=O) groups excluding carboxylic acids is 2. The van der Waals surface area contributed by atoms with Gasteiger partial charge in [0.15, 0.2) is 17.9 Å². The molecule has 0 aliphatic heterocycles. The molecule has 0 fully saturated rings. The molecule has 0 atom stereocenters. The maximum atomic E-state index is 12.9. The van der Waals surface area contributed by atoms with Crippen LogP contribution in [0.5, 0.6) is 5.75 Å². The summed E-state index contributed by atoms with van der Waals surface area (Å²) < 4.78 is 90.2. The molecule has 9 N–H and O–H groups in total. The lowest BCUT2D eigenvalue weighted by Gasteiger charge is -2.19. The number of aldehydes is 1. The first-order valence-electron chi connectivity index (χ1n) is 38.6. The average Bonchev–Trinajstić information content (AvgIpc) is 1.61. The number of alkyl carbamates (subject to hydrolysis) is 1. The van der Waals surface area contributed by atoms with E-state index >= 15 is 0 Å². The molecular weight excluding hydrogens is 1720 g/mol. The quantitative estimate of drug-likeness (QED) is 0.0146. The monoisotopic (exact) mass is 1790 g/mol. The van der Waals surface area contributed by atoms with Gasteiger partial charge in [-0.1, -0.05) is 132 Å². The van der Waals surface area contributed by atoms with Crippen LogP contribution in [-0.4, -0.2) is 110 Å². The zero-order valence-corrected chi connectivity index (χ0v) is 72.1. The molecule has 10 aromatic carbocycles. The molecule has 0 bridgehead atoms. The Morgan fingerprint density at radius 2 is 0.907 bits per heavy atom. The van der Waals surface area contributed by atoms with Gasteiger partial charge in [-0.3, -0.25) is 4.79 Å². The summed E-state index contributed by atoms with van der Waals surface area (Å²) in [6.07, 6.45) is 5.36. The molecule has 129 heavy (non-hydrogen) atoms. The molecule has 0 unspecified atom stereocenters. The zero-order chi connectivity index (χ0) is 92.4. The maximum Gasteiger partial charge on any atom is 0.407 e. The summed E-state index contributed by atoms with van der Waals surface area (Å²) in [5.41, 5.74) is 15.7. The summed E-state index contributed by atoms with van der Waals surface area (Å²) >= 11 is 5.74. The van der Waals surface area contributed by atoms with Crippen LogP contribution in [0.4, 0.5) is 10.6 Å². The predicted octanol–water partition coefficient (Wildman–Crippen LogP) is 17.0. The predicted molar refractivity (Wildman–Crippen MR) is 489 cm³/mol. The molecule has 7 heterocycles. The van der Waals surface area contributed by atoms with Crippen molar-refractivity contribution in [3.63, 3.8) is 0 Å². The molecule has 1 amide bonds. The van der Waals surface area contributed by atoms with E-state index in [1.807, 2.05) is 106 Å². The Kier molecular flexibility index (Phi) is 30.5. The third kappa shape index (κ3) is 22.2. The SMILES string of the molecule is CC(C)(C)OC(=O)NCc1cc2c(C#N)cccc2[nH]1.COc1cnc(Cl)nc1NCc1ccccc1.N#Cc1cccc2[nH]c(/C=N/O)cc12.N#Cc1cccc2[nH]c(CN)cc12.N#Cc1cccc2c1cc(/C=N/O)n2S(=O)(=O)c1ccccc1.N#Cc1cccc2c1cc(C=O)n2S(=O)(=O)c1ccccc1.N#Cc1cccc2c1ccn2S(=O)(=O)c1ccccc1. The van der Waals surface area contributed by atoms with Gasteiger partial charge in [0.25, 0.3) is 30.1 Å². The van der Waals surface area contributed by atoms with Gasteiger partial charge in [0.1, 0.15) is 5.60 Å². The summed E-state index contributed by atoms with van der Waals surface area (Å²) in [5.74, 6) is 1.17. The number of oxime groups is 2. The molecule has 0 saturated carbocycles. The smallest absolute Gasteiger partial charge is 0.407 e. The highest BCUT2D eigenvalue weighted by atomic mass is 35.5. The van der Waals surface area contributed by atoms with Gasteiger partial charge in [0, 0.05) is 79.5 Å². The number of benzene rings is 10. The molecule has 0 saturated heterocycles. The number of nitrogens with two attached hydrogens (primary N) is 1. The Labute approximate surface area is 744 Å². The van der Waals surface area contributed by atoms with Gasteiger partial charge in [-0.25, -0.2) is 46.9 Å². The number of hydrogen-bond donors (Lipinski definition) is 8. The molecule has 0 spiro atoms. The van der Waals surface area contributed by atoms with Crippen molar-refractivity contribution in [2.24, 2.45) is 16.0 Å². The van der Waals surface area contributed by atoms with Gasteiger partial charge in [-0.05, 0) is 184 Å². The molecule has 35 heteroatoms. The fraction of sp³-hybridized carbons (Fsp3) is 0.0851. The van der Waals surface area contributed by atoms with Crippen LogP contribution >= 0.6 is 11.6 Å². The minimum Gasteiger partial charge on any atom is -0.491 e. The third-order valence-corrected chi connectivity index (χ3v) is 24.3. The van der Waals surface area contributed by atoms with Crippen molar-refractivity contribution in [1.29, 1.82) is 31.6 Å². The number of hydrogen-bond acceptors (Lipinski definition) is 24. The molecular formula is C94H76ClN19O12S3. The van der Waals surface area contributed by atoms with E-state index < -0.39 is 41.8 Å². The molecule has 0 aliphatic carbocycles. The van der Waals surface area contributed by atoms with Crippen LogP contribution in [0.15, 0.2) is 304 Å². The third-order valence-electron chi connectivity index (χ3n) is 18.9. The van der Waals surface area contributed by atoms with Crippen molar-refractivity contribution in [2.45, 2.75) is 60.7 Å². The number of rotatable bonds is 16. The Balaban J connectivity index is 0.000000147. The lowest BCUT2D eigenvalue weighted by molar-refractivity contribution is 0.0522. The number of ether oxygens (including phenoxy) is 2. The van der Waals surface area contributed by atoms with Gasteiger partial charge >= 0.3 is 6.09 Å². The number of anilines is 1. The van der Waals surface area contributed by atoms with Crippen LogP contribution < -0.4 is 21.1 Å². The number of carbonyl (C=O) groups is 2. The van der Waals surface area contributed by atoms with Gasteiger partial charge in [0.2, 0.25) is 5.28 Å². The van der Waals surface area contributed by atoms with Crippen molar-refractivity contribution in [2.75, 3.05) is 12.4 Å². The van der Waals surface area contributed by atoms with E-state index in [1.54, 1.807) is 171 Å². The molecule has 7 aromatic heterocycles.